The van der Waals surface area contributed by atoms with Gasteiger partial charge < -0.3 is 4.74 Å². The maximum atomic E-state index is 11.8. The van der Waals surface area contributed by atoms with Crippen LogP contribution in [-0.4, -0.2) is 17.9 Å². The van der Waals surface area contributed by atoms with Crippen molar-refractivity contribution in [3.05, 3.63) is 78.1 Å². The van der Waals surface area contributed by atoms with Crippen molar-refractivity contribution in [1.82, 2.24) is 4.98 Å². The van der Waals surface area contributed by atoms with Crippen LogP contribution in [0.4, 0.5) is 0 Å². The molecule has 0 aliphatic heterocycles. The fourth-order valence-corrected chi connectivity index (χ4v) is 1.71. The first-order chi connectivity index (χ1) is 9.81. The summed E-state index contributed by atoms with van der Waals surface area (Å²) in [5.74, 6) is 0.735. The van der Waals surface area contributed by atoms with Gasteiger partial charge in [-0.1, -0.05) is 36.4 Å². The van der Waals surface area contributed by atoms with E-state index in [1.165, 1.54) is 6.08 Å². The summed E-state index contributed by atoms with van der Waals surface area (Å²) < 4.78 is 5.24. The number of carbonyl (C=O) groups excluding carboxylic acids is 1. The van der Waals surface area contributed by atoms with Gasteiger partial charge in [-0.3, -0.25) is 9.78 Å². The molecule has 0 fully saturated rings. The van der Waals surface area contributed by atoms with Gasteiger partial charge >= 0.3 is 0 Å². The molecule has 100 valence electrons. The lowest BCUT2D eigenvalue weighted by molar-refractivity contribution is 0.104. The van der Waals surface area contributed by atoms with Gasteiger partial charge in [-0.15, -0.1) is 0 Å². The average molecular weight is 265 g/mol. The Labute approximate surface area is 118 Å². The summed E-state index contributed by atoms with van der Waals surface area (Å²) in [6.45, 7) is 0. The fourth-order valence-electron chi connectivity index (χ4n) is 1.71. The summed E-state index contributed by atoms with van der Waals surface area (Å²) in [5, 5.41) is 0. The maximum Gasteiger partial charge on any atom is 0.187 e. The van der Waals surface area contributed by atoms with Gasteiger partial charge in [-0.25, -0.2) is 0 Å². The normalized spacial score (nSPS) is 11.1. The molecule has 0 unspecified atom stereocenters. The van der Waals surface area contributed by atoms with Crippen molar-refractivity contribution < 1.29 is 9.53 Å². The minimum atomic E-state index is -0.0669. The van der Waals surface area contributed by atoms with Crippen LogP contribution in [0.15, 0.2) is 67.0 Å². The van der Waals surface area contributed by atoms with Gasteiger partial charge in [0.25, 0.3) is 0 Å². The third-order valence-corrected chi connectivity index (χ3v) is 2.72. The quantitative estimate of drug-likeness (QED) is 0.471. The Morgan fingerprint density at radius 2 is 2.00 bits per heavy atom. The number of hydrogen-bond donors (Lipinski definition) is 0. The first kappa shape index (κ1) is 13.7. The maximum absolute atomic E-state index is 11.8. The van der Waals surface area contributed by atoms with Crippen LogP contribution in [-0.2, 0) is 0 Å². The zero-order chi connectivity index (χ0) is 14.2. The van der Waals surface area contributed by atoms with E-state index in [0.29, 0.717) is 5.56 Å². The molecular formula is C17H15NO2. The molecule has 0 saturated heterocycles. The van der Waals surface area contributed by atoms with E-state index in [1.54, 1.807) is 37.7 Å². The predicted molar refractivity (Wildman–Crippen MR) is 79.7 cm³/mol. The Morgan fingerprint density at radius 3 is 2.75 bits per heavy atom. The zero-order valence-corrected chi connectivity index (χ0v) is 11.2. The van der Waals surface area contributed by atoms with Crippen LogP contribution < -0.4 is 4.74 Å². The van der Waals surface area contributed by atoms with Gasteiger partial charge in [-0.2, -0.15) is 0 Å². The highest BCUT2D eigenvalue weighted by Gasteiger charge is 1.99. The molecule has 3 nitrogen and oxygen atoms in total. The molecule has 1 heterocycles. The van der Waals surface area contributed by atoms with Crippen LogP contribution >= 0.6 is 0 Å². The largest absolute Gasteiger partial charge is 0.496 e. The molecule has 0 amide bonds. The predicted octanol–water partition coefficient (Wildman–Crippen LogP) is 3.54. The van der Waals surface area contributed by atoms with Crippen LogP contribution in [0.1, 0.15) is 15.9 Å². The standard InChI is InChI=1S/C17H15NO2/c1-20-17-11-5-3-8-14(17)7-2-4-10-16(19)15-9-6-12-18-13-15/h2-13H,1H3. The van der Waals surface area contributed by atoms with E-state index in [4.69, 9.17) is 4.74 Å². The van der Waals surface area contributed by atoms with Gasteiger partial charge in [0.2, 0.25) is 0 Å². The number of benzene rings is 1. The molecular weight excluding hydrogens is 250 g/mol. The smallest absolute Gasteiger partial charge is 0.187 e. The molecule has 1 aromatic carbocycles. The van der Waals surface area contributed by atoms with Crippen molar-refractivity contribution in [2.24, 2.45) is 0 Å². The van der Waals surface area contributed by atoms with Gasteiger partial charge in [-0.05, 0) is 24.3 Å². The fraction of sp³-hybridized carbons (Fsp3) is 0.0588. The van der Waals surface area contributed by atoms with Gasteiger partial charge in [0, 0.05) is 23.5 Å². The monoisotopic (exact) mass is 265 g/mol. The van der Waals surface area contributed by atoms with Crippen LogP contribution in [0.5, 0.6) is 5.75 Å². The van der Waals surface area contributed by atoms with E-state index in [2.05, 4.69) is 4.98 Å². The van der Waals surface area contributed by atoms with Crippen molar-refractivity contribution in [2.45, 2.75) is 0 Å². The van der Waals surface area contributed by atoms with Crippen molar-refractivity contribution in [3.8, 4) is 5.75 Å². The van der Waals surface area contributed by atoms with Crippen LogP contribution in [0.25, 0.3) is 6.08 Å². The van der Waals surface area contributed by atoms with Gasteiger partial charge in [0.05, 0.1) is 7.11 Å². The number of rotatable bonds is 5. The molecule has 0 atom stereocenters. The van der Waals surface area contributed by atoms with Crippen molar-refractivity contribution in [3.63, 3.8) is 0 Å². The van der Waals surface area contributed by atoms with E-state index < -0.39 is 0 Å². The van der Waals surface area contributed by atoms with Crippen molar-refractivity contribution in [1.29, 1.82) is 0 Å². The number of para-hydroxylation sites is 1. The molecule has 2 rings (SSSR count). The summed E-state index contributed by atoms with van der Waals surface area (Å²) in [7, 11) is 1.63. The van der Waals surface area contributed by atoms with E-state index in [0.717, 1.165) is 11.3 Å². The highest BCUT2D eigenvalue weighted by atomic mass is 16.5. The Kier molecular flexibility index (Phi) is 4.84. The number of pyridine rings is 1. The molecule has 0 spiro atoms. The molecule has 0 bridgehead atoms. The van der Waals surface area contributed by atoms with Crippen LogP contribution in [0.2, 0.25) is 0 Å². The van der Waals surface area contributed by atoms with Gasteiger partial charge in [0.15, 0.2) is 5.78 Å². The first-order valence-electron chi connectivity index (χ1n) is 6.23. The van der Waals surface area contributed by atoms with E-state index >= 15 is 0 Å². The summed E-state index contributed by atoms with van der Waals surface area (Å²) in [5.41, 5.74) is 1.54. The van der Waals surface area contributed by atoms with Crippen molar-refractivity contribution in [2.75, 3.05) is 7.11 Å². The second-order valence-corrected chi connectivity index (χ2v) is 4.07. The van der Waals surface area contributed by atoms with Crippen molar-refractivity contribution >= 4 is 11.9 Å². The lowest BCUT2D eigenvalue weighted by Crippen LogP contribution is -1.93. The molecule has 2 aromatic rings. The number of carbonyl (C=O) groups is 1. The minimum Gasteiger partial charge on any atom is -0.496 e. The van der Waals surface area contributed by atoms with E-state index in [1.807, 2.05) is 36.4 Å². The SMILES string of the molecule is COc1ccccc1C=CC=CC(=O)c1cccnc1. The number of aromatic nitrogens is 1. The lowest BCUT2D eigenvalue weighted by atomic mass is 10.1. The summed E-state index contributed by atoms with van der Waals surface area (Å²) >= 11 is 0. The summed E-state index contributed by atoms with van der Waals surface area (Å²) in [4.78, 5) is 15.7. The molecule has 0 aliphatic carbocycles. The Morgan fingerprint density at radius 1 is 1.15 bits per heavy atom. The summed E-state index contributed by atoms with van der Waals surface area (Å²) in [6, 6.07) is 11.2. The molecule has 3 heteroatoms. The molecule has 20 heavy (non-hydrogen) atoms. The Balaban J connectivity index is 2.03. The number of ether oxygens (including phenoxy) is 1. The Hall–Kier alpha value is -2.68. The third-order valence-electron chi connectivity index (χ3n) is 2.72. The molecule has 0 aliphatic rings. The first-order valence-corrected chi connectivity index (χ1v) is 6.23. The zero-order valence-electron chi connectivity index (χ0n) is 11.2. The number of ketones is 1. The number of hydrogen-bond acceptors (Lipinski definition) is 3. The topological polar surface area (TPSA) is 39.2 Å². The highest BCUT2D eigenvalue weighted by molar-refractivity contribution is 6.04. The van der Waals surface area contributed by atoms with Crippen LogP contribution in [0.3, 0.4) is 0 Å². The molecule has 1 aromatic heterocycles. The second-order valence-electron chi connectivity index (χ2n) is 4.07. The number of nitrogens with zero attached hydrogens (tertiary/aromatic N) is 1. The minimum absolute atomic E-state index is 0.0669. The molecule has 0 radical (unpaired) electrons. The highest BCUT2D eigenvalue weighted by Crippen LogP contribution is 2.18. The lowest BCUT2D eigenvalue weighted by Gasteiger charge is -2.02. The average Bonchev–Trinajstić information content (AvgIpc) is 2.52. The number of allylic oxidation sites excluding steroid dienone is 3. The van der Waals surface area contributed by atoms with E-state index in [9.17, 15) is 4.79 Å². The third kappa shape index (κ3) is 3.65. The molecule has 0 N–H and O–H groups in total. The van der Waals surface area contributed by atoms with Gasteiger partial charge in [0.1, 0.15) is 5.75 Å². The van der Waals surface area contributed by atoms with E-state index in [-0.39, 0.29) is 5.78 Å². The molecule has 0 saturated carbocycles. The summed E-state index contributed by atoms with van der Waals surface area (Å²) in [6.07, 6.45) is 10.1. The van der Waals surface area contributed by atoms with Crippen LogP contribution in [0, 0.1) is 0 Å². The Bertz CT molecular complexity index is 630. The number of methoxy groups -OCH3 is 1. The second kappa shape index (κ2) is 7.04.